The average molecular weight is 278 g/mol. The summed E-state index contributed by atoms with van der Waals surface area (Å²) in [6.07, 6.45) is 8.48. The fourth-order valence-electron chi connectivity index (χ4n) is 2.30. The Bertz CT molecular complexity index is 405. The first-order valence-electron chi connectivity index (χ1n) is 5.60. The minimum absolute atomic E-state index is 0.456. The topological polar surface area (TPSA) is 0 Å². The fourth-order valence-corrected chi connectivity index (χ4v) is 6.22. The van der Waals surface area contributed by atoms with Crippen molar-refractivity contribution in [3.8, 4) is 0 Å². The first-order chi connectivity index (χ1) is 7.06. The summed E-state index contributed by atoms with van der Waals surface area (Å²) in [4.78, 5) is 0. The zero-order valence-electron chi connectivity index (χ0n) is 10.0. The molecule has 1 unspecified atom stereocenters. The molecule has 0 fully saturated rings. The first kappa shape index (κ1) is 11.3. The van der Waals surface area contributed by atoms with Gasteiger partial charge in [0.05, 0.1) is 0 Å². The van der Waals surface area contributed by atoms with Crippen LogP contribution >= 0.6 is 0 Å². The van der Waals surface area contributed by atoms with Gasteiger partial charge in [-0.3, -0.25) is 0 Å². The van der Waals surface area contributed by atoms with Crippen molar-refractivity contribution in [1.29, 1.82) is 0 Å². The Kier molecular flexibility index (Phi) is 3.31. The van der Waals surface area contributed by atoms with Gasteiger partial charge in [0.1, 0.15) is 0 Å². The fraction of sp³-hybridized carbons (Fsp3) is 0.429. The van der Waals surface area contributed by atoms with Crippen LogP contribution in [0, 0.1) is 5.92 Å². The average Bonchev–Trinajstić information content (AvgIpc) is 2.58. The second-order valence-electron chi connectivity index (χ2n) is 4.75. The number of hydrogen-bond acceptors (Lipinski definition) is 0. The van der Waals surface area contributed by atoms with E-state index in [-0.39, 0.29) is 0 Å². The molecule has 0 aromatic rings. The van der Waals surface area contributed by atoms with E-state index in [9.17, 15) is 0 Å². The van der Waals surface area contributed by atoms with Crippen LogP contribution in [0.2, 0.25) is 0 Å². The van der Waals surface area contributed by atoms with Gasteiger partial charge in [-0.15, -0.1) is 0 Å². The molecule has 15 heavy (non-hydrogen) atoms. The molecule has 0 saturated heterocycles. The Labute approximate surface area is 104 Å². The predicted molar refractivity (Wildman–Crippen MR) is 62.1 cm³/mol. The van der Waals surface area contributed by atoms with Crippen molar-refractivity contribution in [1.82, 2.24) is 0 Å². The maximum absolute atomic E-state index is 2.44. The van der Waals surface area contributed by atoms with Crippen LogP contribution in [0.1, 0.15) is 34.1 Å². The van der Waals surface area contributed by atoms with E-state index in [0.29, 0.717) is 0 Å². The van der Waals surface area contributed by atoms with Crippen molar-refractivity contribution < 1.29 is 23.2 Å². The molecule has 2 rings (SSSR count). The van der Waals surface area contributed by atoms with Crippen molar-refractivity contribution >= 4 is 0 Å². The Balaban J connectivity index is 2.07. The van der Waals surface area contributed by atoms with Crippen LogP contribution in [0.15, 0.2) is 41.5 Å². The molecule has 0 amide bonds. The molecule has 1 heteroatoms. The summed E-state index contributed by atoms with van der Waals surface area (Å²) >= 11 is -0.456. The number of hydrogen-bond donors (Lipinski definition) is 0. The van der Waals surface area contributed by atoms with Gasteiger partial charge in [-0.05, 0) is 0 Å². The molecule has 0 spiro atoms. The third-order valence-corrected chi connectivity index (χ3v) is 7.41. The number of rotatable bonds is 2. The van der Waals surface area contributed by atoms with E-state index in [2.05, 4.69) is 45.9 Å². The minimum atomic E-state index is -0.456. The molecule has 0 aromatic carbocycles. The van der Waals surface area contributed by atoms with Gasteiger partial charge in [-0.1, -0.05) is 0 Å². The zero-order chi connectivity index (χ0) is 11.0. The third kappa shape index (κ3) is 2.50. The summed E-state index contributed by atoms with van der Waals surface area (Å²) in [6.45, 7) is 9.11. The summed E-state index contributed by atoms with van der Waals surface area (Å²) in [7, 11) is 0. The summed E-state index contributed by atoms with van der Waals surface area (Å²) in [5, 5.41) is 0. The normalized spacial score (nSPS) is 25.3. The second kappa shape index (κ2) is 4.38. The monoisotopic (exact) mass is 276 g/mol. The Morgan fingerprint density at radius 3 is 2.40 bits per heavy atom. The van der Waals surface area contributed by atoms with Crippen LogP contribution in [-0.2, 0) is 23.2 Å². The van der Waals surface area contributed by atoms with Gasteiger partial charge in [-0.25, -0.2) is 0 Å². The molecule has 0 nitrogen and oxygen atoms in total. The molecule has 2 aliphatic rings. The molecule has 0 N–H and O–H groups in total. The molecule has 0 aromatic heterocycles. The van der Waals surface area contributed by atoms with E-state index in [1.165, 1.54) is 12.0 Å². The van der Waals surface area contributed by atoms with E-state index in [1.54, 1.807) is 17.7 Å². The molecular weight excluding hydrogens is 259 g/mol. The maximum atomic E-state index is 2.44. The quantitative estimate of drug-likeness (QED) is 0.710. The Morgan fingerprint density at radius 1 is 1.20 bits per heavy atom. The molecule has 2 aliphatic carbocycles. The molecule has 0 bridgehead atoms. The van der Waals surface area contributed by atoms with Gasteiger partial charge in [-0.2, -0.15) is 0 Å². The second-order valence-corrected chi connectivity index (χ2v) is 8.27. The number of allylic oxidation sites excluding steroid dienone is 8. The van der Waals surface area contributed by atoms with Gasteiger partial charge in [0, 0.05) is 0 Å². The van der Waals surface area contributed by atoms with Crippen molar-refractivity contribution in [2.75, 3.05) is 0 Å². The Hall–Kier alpha value is -0.157. The van der Waals surface area contributed by atoms with Crippen molar-refractivity contribution in [3.05, 3.63) is 41.5 Å². The molecule has 0 saturated carbocycles. The van der Waals surface area contributed by atoms with Crippen molar-refractivity contribution in [3.63, 3.8) is 0 Å². The van der Waals surface area contributed by atoms with Crippen LogP contribution in [0.5, 0.6) is 0 Å². The van der Waals surface area contributed by atoms with E-state index < -0.39 is 23.2 Å². The summed E-state index contributed by atoms with van der Waals surface area (Å²) < 4.78 is 3.55. The van der Waals surface area contributed by atoms with Crippen LogP contribution < -0.4 is 0 Å². The molecule has 78 valence electrons. The van der Waals surface area contributed by atoms with Gasteiger partial charge < -0.3 is 0 Å². The van der Waals surface area contributed by atoms with Crippen LogP contribution in [-0.4, -0.2) is 0 Å². The van der Waals surface area contributed by atoms with Gasteiger partial charge in [0.15, 0.2) is 0 Å². The predicted octanol–water partition coefficient (Wildman–Crippen LogP) is 4.17. The standard InChI is InChI=1S/2C7H9.Zr/c2*1-6-3-4-7(2)5-6;/h5H,3H2,1-2H3;3,5,7H,1-2H3;. The van der Waals surface area contributed by atoms with Crippen LogP contribution in [0.3, 0.4) is 0 Å². The van der Waals surface area contributed by atoms with Crippen molar-refractivity contribution in [2.24, 2.45) is 5.92 Å². The van der Waals surface area contributed by atoms with Crippen LogP contribution in [0.25, 0.3) is 0 Å². The zero-order valence-corrected chi connectivity index (χ0v) is 12.5. The third-order valence-electron chi connectivity index (χ3n) is 3.08. The van der Waals surface area contributed by atoms with Gasteiger partial charge in [0.25, 0.3) is 0 Å². The van der Waals surface area contributed by atoms with Gasteiger partial charge >= 0.3 is 105 Å². The van der Waals surface area contributed by atoms with Gasteiger partial charge in [0.2, 0.25) is 0 Å². The van der Waals surface area contributed by atoms with E-state index in [4.69, 9.17) is 0 Å². The SMILES string of the molecule is CC1=CC(C)[C]([Zr][C]2=C(C)C=C(C)C2)=C1. The molecule has 1 atom stereocenters. The summed E-state index contributed by atoms with van der Waals surface area (Å²) in [5.74, 6) is 0.720. The van der Waals surface area contributed by atoms with E-state index in [0.717, 1.165) is 5.92 Å². The molecule has 0 radical (unpaired) electrons. The molecular formula is C14H18Zr. The van der Waals surface area contributed by atoms with Crippen LogP contribution in [0.4, 0.5) is 0 Å². The first-order valence-corrected chi connectivity index (χ1v) is 8.06. The van der Waals surface area contributed by atoms with Crippen molar-refractivity contribution in [2.45, 2.75) is 34.1 Å². The Morgan fingerprint density at radius 2 is 1.93 bits per heavy atom. The molecule has 0 heterocycles. The summed E-state index contributed by atoms with van der Waals surface area (Å²) in [6, 6.07) is 0. The summed E-state index contributed by atoms with van der Waals surface area (Å²) in [5.41, 5.74) is 4.59. The van der Waals surface area contributed by atoms with E-state index >= 15 is 0 Å². The van der Waals surface area contributed by atoms with E-state index in [1.807, 2.05) is 0 Å². The molecule has 0 aliphatic heterocycles.